The van der Waals surface area contributed by atoms with E-state index in [0.717, 1.165) is 25.3 Å². The van der Waals surface area contributed by atoms with Crippen LogP contribution in [0.1, 0.15) is 48.5 Å². The highest BCUT2D eigenvalue weighted by Crippen LogP contribution is 2.41. The van der Waals surface area contributed by atoms with Gasteiger partial charge in [0, 0.05) is 0 Å². The van der Waals surface area contributed by atoms with Crippen molar-refractivity contribution in [1.82, 2.24) is 0 Å². The first-order chi connectivity index (χ1) is 9.70. The van der Waals surface area contributed by atoms with E-state index in [1.54, 1.807) is 0 Å². The number of alkyl halides is 3. The SMILES string of the molecule is CCCCCCc1cc(C(=O)C(F)(F)F)c(O)c(Cl)c1O. The van der Waals surface area contributed by atoms with Crippen molar-refractivity contribution in [3.05, 3.63) is 22.2 Å². The van der Waals surface area contributed by atoms with Crippen LogP contribution in [0.5, 0.6) is 11.5 Å². The molecule has 1 aromatic carbocycles. The summed E-state index contributed by atoms with van der Waals surface area (Å²) in [5.41, 5.74) is -0.808. The summed E-state index contributed by atoms with van der Waals surface area (Å²) in [6, 6.07) is 0.859. The molecule has 0 unspecified atom stereocenters. The smallest absolute Gasteiger partial charge is 0.455 e. The van der Waals surface area contributed by atoms with E-state index in [1.165, 1.54) is 0 Å². The molecule has 0 radical (unpaired) electrons. The average Bonchev–Trinajstić information content (AvgIpc) is 2.41. The Hall–Kier alpha value is -1.43. The molecule has 3 nitrogen and oxygen atoms in total. The molecule has 0 fully saturated rings. The van der Waals surface area contributed by atoms with Crippen molar-refractivity contribution in [2.24, 2.45) is 0 Å². The minimum atomic E-state index is -5.11. The molecule has 118 valence electrons. The predicted molar refractivity (Wildman–Crippen MR) is 73.0 cm³/mol. The normalized spacial score (nSPS) is 11.7. The molecule has 0 aliphatic heterocycles. The van der Waals surface area contributed by atoms with Crippen molar-refractivity contribution in [3.63, 3.8) is 0 Å². The third kappa shape index (κ3) is 4.27. The van der Waals surface area contributed by atoms with Gasteiger partial charge in [0.15, 0.2) is 0 Å². The summed E-state index contributed by atoms with van der Waals surface area (Å²) < 4.78 is 37.4. The van der Waals surface area contributed by atoms with E-state index >= 15 is 0 Å². The number of carbonyl (C=O) groups is 1. The third-order valence-electron chi connectivity index (χ3n) is 3.10. The fourth-order valence-corrected chi connectivity index (χ4v) is 2.16. The lowest BCUT2D eigenvalue weighted by atomic mass is 10.00. The number of phenolic OH excluding ortho intramolecular Hbond substituents is 2. The lowest BCUT2D eigenvalue weighted by Gasteiger charge is -2.13. The van der Waals surface area contributed by atoms with E-state index in [4.69, 9.17) is 11.6 Å². The minimum Gasteiger partial charge on any atom is -0.506 e. The van der Waals surface area contributed by atoms with E-state index < -0.39 is 34.0 Å². The van der Waals surface area contributed by atoms with Crippen LogP contribution >= 0.6 is 11.6 Å². The quantitative estimate of drug-likeness (QED) is 0.593. The number of benzene rings is 1. The Kier molecular flexibility index (Phi) is 5.89. The van der Waals surface area contributed by atoms with Crippen LogP contribution in [-0.2, 0) is 6.42 Å². The van der Waals surface area contributed by atoms with Crippen LogP contribution in [0.25, 0.3) is 0 Å². The molecular weight excluding hydrogens is 309 g/mol. The highest BCUT2D eigenvalue weighted by molar-refractivity contribution is 6.34. The molecule has 7 heteroatoms. The zero-order valence-electron chi connectivity index (χ0n) is 11.4. The van der Waals surface area contributed by atoms with Gasteiger partial charge in [-0.15, -0.1) is 0 Å². The Morgan fingerprint density at radius 2 is 1.81 bits per heavy atom. The van der Waals surface area contributed by atoms with Crippen LogP contribution in [0.2, 0.25) is 5.02 Å². The summed E-state index contributed by atoms with van der Waals surface area (Å²) in [6.07, 6.45) is -1.40. The maximum Gasteiger partial charge on any atom is 0.455 e. The Labute approximate surface area is 125 Å². The van der Waals surface area contributed by atoms with E-state index in [9.17, 15) is 28.2 Å². The van der Waals surface area contributed by atoms with E-state index in [1.807, 2.05) is 6.92 Å². The molecule has 0 aliphatic rings. The number of carbonyl (C=O) groups excluding carboxylic acids is 1. The molecule has 0 saturated carbocycles. The maximum absolute atomic E-state index is 12.5. The largest absolute Gasteiger partial charge is 0.506 e. The summed E-state index contributed by atoms with van der Waals surface area (Å²) in [5, 5.41) is 18.7. The number of unbranched alkanes of at least 4 members (excludes halogenated alkanes) is 3. The van der Waals surface area contributed by atoms with Crippen LogP contribution in [0, 0.1) is 0 Å². The Morgan fingerprint density at radius 3 is 2.33 bits per heavy atom. The highest BCUT2D eigenvalue weighted by Gasteiger charge is 2.41. The Morgan fingerprint density at radius 1 is 1.19 bits per heavy atom. The molecule has 2 N–H and O–H groups in total. The summed E-state index contributed by atoms with van der Waals surface area (Å²) in [6.45, 7) is 2.01. The van der Waals surface area contributed by atoms with Crippen LogP contribution in [0.3, 0.4) is 0 Å². The third-order valence-corrected chi connectivity index (χ3v) is 3.45. The van der Waals surface area contributed by atoms with Gasteiger partial charge in [0.25, 0.3) is 5.78 Å². The lowest BCUT2D eigenvalue weighted by molar-refractivity contribution is -0.0886. The Bertz CT molecular complexity index is 527. The van der Waals surface area contributed by atoms with Gasteiger partial charge in [0.2, 0.25) is 0 Å². The van der Waals surface area contributed by atoms with Gasteiger partial charge in [-0.25, -0.2) is 0 Å². The molecular formula is C14H16ClF3O3. The van der Waals surface area contributed by atoms with Crippen molar-refractivity contribution >= 4 is 17.4 Å². The summed E-state index contributed by atoms with van der Waals surface area (Å²) in [4.78, 5) is 11.3. The first kappa shape index (κ1) is 17.6. The zero-order valence-corrected chi connectivity index (χ0v) is 12.2. The second kappa shape index (κ2) is 7.02. The number of ketones is 1. The van der Waals surface area contributed by atoms with Crippen molar-refractivity contribution in [2.45, 2.75) is 45.2 Å². The number of hydrogen-bond acceptors (Lipinski definition) is 3. The zero-order chi connectivity index (χ0) is 16.2. The van der Waals surface area contributed by atoms with Gasteiger partial charge in [-0.2, -0.15) is 13.2 Å². The molecule has 0 amide bonds. The van der Waals surface area contributed by atoms with Crippen LogP contribution in [0.4, 0.5) is 13.2 Å². The monoisotopic (exact) mass is 324 g/mol. The number of rotatable bonds is 6. The number of Topliss-reactive ketones (excluding diaryl/α,β-unsaturated/α-hetero) is 1. The van der Waals surface area contributed by atoms with E-state index in [0.29, 0.717) is 6.42 Å². The topological polar surface area (TPSA) is 57.5 Å². The second-order valence-electron chi connectivity index (χ2n) is 4.73. The fourth-order valence-electron chi connectivity index (χ4n) is 1.94. The second-order valence-corrected chi connectivity index (χ2v) is 5.11. The summed E-state index contributed by atoms with van der Waals surface area (Å²) in [5.74, 6) is -3.71. The molecule has 0 heterocycles. The van der Waals surface area contributed by atoms with Gasteiger partial charge in [0.1, 0.15) is 16.5 Å². The molecule has 0 saturated heterocycles. The molecule has 21 heavy (non-hydrogen) atoms. The van der Waals surface area contributed by atoms with Crippen LogP contribution in [0.15, 0.2) is 6.07 Å². The predicted octanol–water partition coefficient (Wildman–Crippen LogP) is 4.62. The average molecular weight is 325 g/mol. The first-order valence-electron chi connectivity index (χ1n) is 6.55. The first-order valence-corrected chi connectivity index (χ1v) is 6.92. The summed E-state index contributed by atoms with van der Waals surface area (Å²) in [7, 11) is 0. The Balaban J connectivity index is 3.11. The number of aromatic hydroxyl groups is 2. The molecule has 1 aromatic rings. The van der Waals surface area contributed by atoms with E-state index in [2.05, 4.69) is 0 Å². The van der Waals surface area contributed by atoms with Crippen LogP contribution in [-0.4, -0.2) is 22.2 Å². The van der Waals surface area contributed by atoms with Crippen molar-refractivity contribution < 1.29 is 28.2 Å². The van der Waals surface area contributed by atoms with Gasteiger partial charge in [-0.1, -0.05) is 37.8 Å². The number of phenols is 2. The molecule has 1 rings (SSSR count). The molecule has 0 bridgehead atoms. The van der Waals surface area contributed by atoms with E-state index in [-0.39, 0.29) is 12.0 Å². The van der Waals surface area contributed by atoms with Gasteiger partial charge in [-0.3, -0.25) is 4.79 Å². The minimum absolute atomic E-state index is 0.126. The lowest BCUT2D eigenvalue weighted by Crippen LogP contribution is -2.23. The standard InChI is InChI=1S/C14H16ClF3O3/c1-2-3-4-5-6-8-7-9(13(21)14(16,17)18)12(20)10(15)11(8)19/h7,19-20H,2-6H2,1H3. The van der Waals surface area contributed by atoms with Gasteiger partial charge in [-0.05, 0) is 24.5 Å². The highest BCUT2D eigenvalue weighted by atomic mass is 35.5. The number of aryl methyl sites for hydroxylation is 1. The molecule has 0 spiro atoms. The van der Waals surface area contributed by atoms with Crippen molar-refractivity contribution in [2.75, 3.05) is 0 Å². The fraction of sp³-hybridized carbons (Fsp3) is 0.500. The number of halogens is 4. The van der Waals surface area contributed by atoms with Gasteiger partial charge < -0.3 is 10.2 Å². The summed E-state index contributed by atoms with van der Waals surface area (Å²) >= 11 is 5.60. The van der Waals surface area contributed by atoms with Crippen LogP contribution < -0.4 is 0 Å². The maximum atomic E-state index is 12.5. The molecule has 0 aromatic heterocycles. The van der Waals surface area contributed by atoms with Gasteiger partial charge >= 0.3 is 6.18 Å². The molecule has 0 aliphatic carbocycles. The van der Waals surface area contributed by atoms with Gasteiger partial charge in [0.05, 0.1) is 5.56 Å². The van der Waals surface area contributed by atoms with Crippen molar-refractivity contribution in [3.8, 4) is 11.5 Å². The molecule has 0 atom stereocenters. The van der Waals surface area contributed by atoms with Crippen molar-refractivity contribution in [1.29, 1.82) is 0 Å². The number of hydrogen-bond donors (Lipinski definition) is 2.